The molecular formula is C21H35N3O5S. The number of carbonyl (C=O) groups excluding carboxylic acids is 1. The summed E-state index contributed by atoms with van der Waals surface area (Å²) in [7, 11) is -3.66. The zero-order chi connectivity index (χ0) is 22.1. The first-order chi connectivity index (χ1) is 14.3. The van der Waals surface area contributed by atoms with E-state index in [0.29, 0.717) is 38.6 Å². The number of rotatable bonds is 11. The topological polar surface area (TPSA) is 88.2 Å². The van der Waals surface area contributed by atoms with Crippen molar-refractivity contribution in [1.82, 2.24) is 4.31 Å². The number of benzene rings is 1. The van der Waals surface area contributed by atoms with Gasteiger partial charge in [-0.3, -0.25) is 4.79 Å². The van der Waals surface area contributed by atoms with Gasteiger partial charge in [0.05, 0.1) is 29.5 Å². The van der Waals surface area contributed by atoms with E-state index in [1.54, 1.807) is 25.1 Å². The van der Waals surface area contributed by atoms with E-state index in [0.717, 1.165) is 31.6 Å². The Morgan fingerprint density at radius 1 is 1.23 bits per heavy atom. The number of unbranched alkanes of at least 4 members (excludes halogenated alkanes) is 1. The molecule has 1 unspecified atom stereocenters. The van der Waals surface area contributed by atoms with Crippen molar-refractivity contribution in [3.8, 4) is 0 Å². The third-order valence-corrected chi connectivity index (χ3v) is 7.07. The highest BCUT2D eigenvalue weighted by atomic mass is 32.2. The van der Waals surface area contributed by atoms with Gasteiger partial charge < -0.3 is 19.7 Å². The Kier molecular flexibility index (Phi) is 9.54. The summed E-state index contributed by atoms with van der Waals surface area (Å²) in [5.74, 6) is -0.291. The summed E-state index contributed by atoms with van der Waals surface area (Å²) in [4.78, 5) is 14.9. The Labute approximate surface area is 180 Å². The summed E-state index contributed by atoms with van der Waals surface area (Å²) in [6.45, 7) is 11.2. The lowest BCUT2D eigenvalue weighted by Crippen LogP contribution is -2.40. The number of ether oxygens (including phenoxy) is 2. The molecule has 170 valence electrons. The van der Waals surface area contributed by atoms with Gasteiger partial charge in [0.2, 0.25) is 10.0 Å². The highest BCUT2D eigenvalue weighted by Crippen LogP contribution is 2.30. The lowest BCUT2D eigenvalue weighted by molar-refractivity contribution is -0.126. The largest absolute Gasteiger partial charge is 0.379 e. The Bertz CT molecular complexity index is 790. The number of hydrogen-bond donors (Lipinski definition) is 1. The summed E-state index contributed by atoms with van der Waals surface area (Å²) in [5.41, 5.74) is 1.26. The van der Waals surface area contributed by atoms with E-state index in [-0.39, 0.29) is 10.8 Å². The third-order valence-electron chi connectivity index (χ3n) is 5.17. The van der Waals surface area contributed by atoms with Crippen LogP contribution in [0.5, 0.6) is 0 Å². The second-order valence-electron chi connectivity index (χ2n) is 7.22. The highest BCUT2D eigenvalue weighted by Gasteiger charge is 2.28. The van der Waals surface area contributed by atoms with E-state index in [4.69, 9.17) is 9.47 Å². The average molecular weight is 442 g/mol. The van der Waals surface area contributed by atoms with Gasteiger partial charge in [-0.25, -0.2) is 8.42 Å². The van der Waals surface area contributed by atoms with E-state index < -0.39 is 16.1 Å². The lowest BCUT2D eigenvalue weighted by Gasteiger charge is -2.28. The molecule has 0 saturated carbocycles. The van der Waals surface area contributed by atoms with Crippen molar-refractivity contribution >= 4 is 27.3 Å². The van der Waals surface area contributed by atoms with E-state index in [1.165, 1.54) is 4.31 Å². The molecule has 0 spiro atoms. The number of anilines is 2. The molecule has 1 atom stereocenters. The second kappa shape index (κ2) is 11.6. The summed E-state index contributed by atoms with van der Waals surface area (Å²) in [6.07, 6.45) is 1.25. The number of nitrogens with one attached hydrogen (secondary N) is 1. The van der Waals surface area contributed by atoms with E-state index >= 15 is 0 Å². The molecule has 1 saturated heterocycles. The van der Waals surface area contributed by atoms with Gasteiger partial charge in [0.15, 0.2) is 0 Å². The standard InChI is InChI=1S/C21H35N3O5S/c1-5-8-13-29-17(4)21(25)22-19-16-18(9-10-20(19)23(6-2)7-3)30(26,27)24-11-14-28-15-12-24/h9-10,16-17H,5-8,11-15H2,1-4H3,(H,22,25). The van der Waals surface area contributed by atoms with Gasteiger partial charge in [-0.2, -0.15) is 4.31 Å². The monoisotopic (exact) mass is 441 g/mol. The number of sulfonamides is 1. The van der Waals surface area contributed by atoms with Crippen molar-refractivity contribution in [3.63, 3.8) is 0 Å². The summed E-state index contributed by atoms with van der Waals surface area (Å²) in [5, 5.41) is 2.89. The summed E-state index contributed by atoms with van der Waals surface area (Å²) >= 11 is 0. The first-order valence-electron chi connectivity index (χ1n) is 10.7. The van der Waals surface area contributed by atoms with Crippen LogP contribution in [0.1, 0.15) is 40.5 Å². The number of amides is 1. The number of hydrogen-bond acceptors (Lipinski definition) is 6. The predicted octanol–water partition coefficient (Wildman–Crippen LogP) is 2.70. The summed E-state index contributed by atoms with van der Waals surface area (Å²) < 4.78 is 38.4. The highest BCUT2D eigenvalue weighted by molar-refractivity contribution is 7.89. The minimum atomic E-state index is -3.66. The molecule has 1 aromatic carbocycles. The van der Waals surface area contributed by atoms with Crippen LogP contribution in [0.3, 0.4) is 0 Å². The fourth-order valence-electron chi connectivity index (χ4n) is 3.27. The predicted molar refractivity (Wildman–Crippen MR) is 119 cm³/mol. The molecule has 2 rings (SSSR count). The molecule has 1 fully saturated rings. The van der Waals surface area contributed by atoms with Crippen LogP contribution in [0.25, 0.3) is 0 Å². The fraction of sp³-hybridized carbons (Fsp3) is 0.667. The molecule has 8 nitrogen and oxygen atoms in total. The molecule has 1 aliphatic heterocycles. The van der Waals surface area contributed by atoms with Gasteiger partial charge in [-0.15, -0.1) is 0 Å². The van der Waals surface area contributed by atoms with Crippen LogP contribution in [0, 0.1) is 0 Å². The first kappa shape index (κ1) is 24.6. The van der Waals surface area contributed by atoms with Gasteiger partial charge in [0.25, 0.3) is 5.91 Å². The van der Waals surface area contributed by atoms with Crippen LogP contribution in [0.4, 0.5) is 11.4 Å². The Hall–Kier alpha value is -1.68. The molecule has 1 aromatic rings. The average Bonchev–Trinajstić information content (AvgIpc) is 2.76. The van der Waals surface area contributed by atoms with Crippen molar-refractivity contribution < 1.29 is 22.7 Å². The quantitative estimate of drug-likeness (QED) is 0.531. The molecule has 0 radical (unpaired) electrons. The maximum absolute atomic E-state index is 13.1. The molecule has 1 heterocycles. The molecule has 0 aromatic heterocycles. The van der Waals surface area contributed by atoms with Crippen molar-refractivity contribution in [1.29, 1.82) is 0 Å². The minimum absolute atomic E-state index is 0.162. The normalized spacial score (nSPS) is 16.3. The zero-order valence-electron chi connectivity index (χ0n) is 18.5. The zero-order valence-corrected chi connectivity index (χ0v) is 19.3. The number of morpholine rings is 1. The molecule has 30 heavy (non-hydrogen) atoms. The van der Waals surface area contributed by atoms with Crippen LogP contribution < -0.4 is 10.2 Å². The smallest absolute Gasteiger partial charge is 0.253 e. The molecule has 1 aliphatic rings. The van der Waals surface area contributed by atoms with Gasteiger partial charge >= 0.3 is 0 Å². The van der Waals surface area contributed by atoms with Crippen LogP contribution in [0.15, 0.2) is 23.1 Å². The van der Waals surface area contributed by atoms with Crippen molar-refractivity contribution in [2.75, 3.05) is 56.2 Å². The Balaban J connectivity index is 2.32. The number of carbonyl (C=O) groups is 1. The van der Waals surface area contributed by atoms with Gasteiger partial charge in [0, 0.05) is 32.8 Å². The molecular weight excluding hydrogens is 406 g/mol. The summed E-state index contributed by atoms with van der Waals surface area (Å²) in [6, 6.07) is 4.92. The van der Waals surface area contributed by atoms with Crippen molar-refractivity contribution in [3.05, 3.63) is 18.2 Å². The third kappa shape index (κ3) is 6.16. The van der Waals surface area contributed by atoms with Gasteiger partial charge in [0.1, 0.15) is 6.10 Å². The maximum atomic E-state index is 13.1. The maximum Gasteiger partial charge on any atom is 0.253 e. The fourth-order valence-corrected chi connectivity index (χ4v) is 4.70. The van der Waals surface area contributed by atoms with Crippen LogP contribution >= 0.6 is 0 Å². The van der Waals surface area contributed by atoms with Crippen LogP contribution in [-0.2, 0) is 24.3 Å². The molecule has 1 amide bonds. The molecule has 1 N–H and O–H groups in total. The van der Waals surface area contributed by atoms with Crippen LogP contribution in [0.2, 0.25) is 0 Å². The molecule has 0 bridgehead atoms. The Morgan fingerprint density at radius 2 is 1.90 bits per heavy atom. The van der Waals surface area contributed by atoms with Gasteiger partial charge in [-0.05, 0) is 45.4 Å². The van der Waals surface area contributed by atoms with Crippen LogP contribution in [-0.4, -0.2) is 70.7 Å². The number of nitrogens with zero attached hydrogens (tertiary/aromatic N) is 2. The van der Waals surface area contributed by atoms with Crippen molar-refractivity contribution in [2.24, 2.45) is 0 Å². The first-order valence-corrected chi connectivity index (χ1v) is 12.2. The Morgan fingerprint density at radius 3 is 2.50 bits per heavy atom. The lowest BCUT2D eigenvalue weighted by atomic mass is 10.2. The van der Waals surface area contributed by atoms with E-state index in [9.17, 15) is 13.2 Å². The molecule has 9 heteroatoms. The van der Waals surface area contributed by atoms with Crippen molar-refractivity contribution in [2.45, 2.75) is 51.5 Å². The SMILES string of the molecule is CCCCOC(C)C(=O)Nc1cc(S(=O)(=O)N2CCOCC2)ccc1N(CC)CC. The molecule has 0 aliphatic carbocycles. The minimum Gasteiger partial charge on any atom is -0.379 e. The van der Waals surface area contributed by atoms with E-state index in [1.807, 2.05) is 13.8 Å². The van der Waals surface area contributed by atoms with E-state index in [2.05, 4.69) is 17.1 Å². The van der Waals surface area contributed by atoms with Gasteiger partial charge in [-0.1, -0.05) is 13.3 Å². The second-order valence-corrected chi connectivity index (χ2v) is 9.16.